The second-order valence-electron chi connectivity index (χ2n) is 7.76. The third-order valence-corrected chi connectivity index (χ3v) is 4.66. The van der Waals surface area contributed by atoms with Gasteiger partial charge in [0.25, 0.3) is 5.91 Å². The maximum atomic E-state index is 12.7. The summed E-state index contributed by atoms with van der Waals surface area (Å²) >= 11 is 0. The van der Waals surface area contributed by atoms with Crippen LogP contribution in [0.25, 0.3) is 0 Å². The van der Waals surface area contributed by atoms with Crippen LogP contribution in [0, 0.1) is 0 Å². The van der Waals surface area contributed by atoms with Gasteiger partial charge in [-0.15, -0.1) is 0 Å². The summed E-state index contributed by atoms with van der Waals surface area (Å²) in [6.45, 7) is 15.1. The number of nitrogens with one attached hydrogen (secondary N) is 2. The first-order chi connectivity index (χ1) is 11.3. The van der Waals surface area contributed by atoms with Crippen molar-refractivity contribution < 1.29 is 14.4 Å². The van der Waals surface area contributed by atoms with Crippen molar-refractivity contribution in [1.82, 2.24) is 0 Å². The van der Waals surface area contributed by atoms with Crippen molar-refractivity contribution >= 4 is 11.6 Å². The Hall–Kier alpha value is -1.39. The van der Waals surface area contributed by atoms with Gasteiger partial charge < -0.3 is 15.0 Å². The quantitative estimate of drug-likeness (QED) is 0.870. The molecular formula is C20H33N2O2+. The van der Waals surface area contributed by atoms with Crippen LogP contribution in [0.3, 0.4) is 0 Å². The molecule has 1 amide bonds. The van der Waals surface area contributed by atoms with E-state index in [2.05, 4.69) is 65.1 Å². The predicted octanol–water partition coefficient (Wildman–Crippen LogP) is 2.56. The van der Waals surface area contributed by atoms with Gasteiger partial charge in [0.05, 0.1) is 0 Å². The van der Waals surface area contributed by atoms with E-state index in [1.165, 1.54) is 16.0 Å². The molecule has 4 heteroatoms. The Morgan fingerprint density at radius 2 is 1.62 bits per heavy atom. The topological polar surface area (TPSA) is 42.8 Å². The zero-order chi connectivity index (χ0) is 17.9. The van der Waals surface area contributed by atoms with Gasteiger partial charge in [0.15, 0.2) is 6.54 Å². The molecule has 0 saturated carbocycles. The average Bonchev–Trinajstić information content (AvgIpc) is 2.45. The lowest BCUT2D eigenvalue weighted by Crippen LogP contribution is -3.16. The van der Waals surface area contributed by atoms with Crippen molar-refractivity contribution in [2.24, 2.45) is 0 Å². The van der Waals surface area contributed by atoms with Crippen LogP contribution in [-0.2, 0) is 9.53 Å². The Kier molecular flexibility index (Phi) is 6.41. The van der Waals surface area contributed by atoms with Crippen molar-refractivity contribution in [2.75, 3.05) is 25.0 Å². The lowest BCUT2D eigenvalue weighted by molar-refractivity contribution is -0.907. The van der Waals surface area contributed by atoms with Crippen LogP contribution in [0.1, 0.15) is 64.5 Å². The molecule has 2 rings (SSSR count). The van der Waals surface area contributed by atoms with Gasteiger partial charge in [0, 0.05) is 5.69 Å². The van der Waals surface area contributed by atoms with E-state index in [1.807, 2.05) is 0 Å². The second-order valence-corrected chi connectivity index (χ2v) is 7.76. The number of carbonyl (C=O) groups is 1. The highest BCUT2D eigenvalue weighted by Crippen LogP contribution is 2.32. The van der Waals surface area contributed by atoms with Gasteiger partial charge in [-0.3, -0.25) is 4.79 Å². The van der Waals surface area contributed by atoms with Crippen LogP contribution in [0.5, 0.6) is 0 Å². The van der Waals surface area contributed by atoms with Gasteiger partial charge in [-0.05, 0) is 36.8 Å². The molecule has 0 aliphatic carbocycles. The number of hydrogen-bond donors (Lipinski definition) is 2. The van der Waals surface area contributed by atoms with E-state index in [0.717, 1.165) is 18.8 Å². The summed E-state index contributed by atoms with van der Waals surface area (Å²) in [5, 5.41) is 3.22. The lowest BCUT2D eigenvalue weighted by Gasteiger charge is -2.32. The standard InChI is InChI=1S/C20H32N2O2/c1-13(2)17-8-7-9-18(14(3)4)20(17)21-19(23)12-22-10-15(5)24-16(6)11-22/h7-9,13-16H,10-12H2,1-6H3,(H,21,23)/p+1/t15-,16-/m1/s1. The van der Waals surface area contributed by atoms with Crippen molar-refractivity contribution in [3.63, 3.8) is 0 Å². The SMILES string of the molecule is CC(C)c1cccc(C(C)C)c1NC(=O)C[NH+]1C[C@@H](C)O[C@H](C)C1. The Labute approximate surface area is 146 Å². The van der Waals surface area contributed by atoms with Gasteiger partial charge in [-0.2, -0.15) is 0 Å². The van der Waals surface area contributed by atoms with E-state index in [1.54, 1.807) is 0 Å². The number of anilines is 1. The van der Waals surface area contributed by atoms with Gasteiger partial charge in [-0.1, -0.05) is 45.9 Å². The second kappa shape index (κ2) is 8.13. The maximum Gasteiger partial charge on any atom is 0.279 e. The summed E-state index contributed by atoms with van der Waals surface area (Å²) < 4.78 is 5.76. The molecular weight excluding hydrogens is 300 g/mol. The number of quaternary nitrogens is 1. The monoisotopic (exact) mass is 333 g/mol. The molecule has 24 heavy (non-hydrogen) atoms. The molecule has 0 aromatic heterocycles. The average molecular weight is 333 g/mol. The van der Waals surface area contributed by atoms with Gasteiger partial charge in [-0.25, -0.2) is 0 Å². The molecule has 0 unspecified atom stereocenters. The lowest BCUT2D eigenvalue weighted by atomic mass is 9.92. The van der Waals surface area contributed by atoms with Gasteiger partial charge in [0.2, 0.25) is 0 Å². The highest BCUT2D eigenvalue weighted by Gasteiger charge is 2.27. The molecule has 1 heterocycles. The highest BCUT2D eigenvalue weighted by molar-refractivity contribution is 5.93. The summed E-state index contributed by atoms with van der Waals surface area (Å²) in [6.07, 6.45) is 0.427. The van der Waals surface area contributed by atoms with Crippen molar-refractivity contribution in [3.8, 4) is 0 Å². The van der Waals surface area contributed by atoms with Crippen LogP contribution in [0.4, 0.5) is 5.69 Å². The number of carbonyl (C=O) groups excluding carboxylic acids is 1. The molecule has 1 aliphatic rings. The van der Waals surface area contributed by atoms with Crippen LogP contribution in [-0.4, -0.2) is 37.7 Å². The molecule has 0 spiro atoms. The Morgan fingerprint density at radius 1 is 1.12 bits per heavy atom. The number of benzene rings is 1. The van der Waals surface area contributed by atoms with Crippen molar-refractivity contribution in [3.05, 3.63) is 29.3 Å². The smallest absolute Gasteiger partial charge is 0.279 e. The first-order valence-electron chi connectivity index (χ1n) is 9.19. The fraction of sp³-hybridized carbons (Fsp3) is 0.650. The first-order valence-corrected chi connectivity index (χ1v) is 9.19. The minimum absolute atomic E-state index is 0.0984. The van der Waals surface area contributed by atoms with E-state index in [4.69, 9.17) is 4.74 Å². The summed E-state index contributed by atoms with van der Waals surface area (Å²) in [7, 11) is 0. The maximum absolute atomic E-state index is 12.7. The van der Waals surface area contributed by atoms with E-state index in [0.29, 0.717) is 18.4 Å². The molecule has 2 N–H and O–H groups in total. The zero-order valence-electron chi connectivity index (χ0n) is 16.0. The van der Waals surface area contributed by atoms with E-state index in [9.17, 15) is 4.79 Å². The number of ether oxygens (including phenoxy) is 1. The zero-order valence-corrected chi connectivity index (χ0v) is 16.0. The highest BCUT2D eigenvalue weighted by atomic mass is 16.5. The van der Waals surface area contributed by atoms with Crippen molar-refractivity contribution in [1.29, 1.82) is 0 Å². The number of morpholine rings is 1. The molecule has 2 atom stereocenters. The van der Waals surface area contributed by atoms with Crippen molar-refractivity contribution in [2.45, 2.75) is 65.6 Å². The molecule has 1 fully saturated rings. The molecule has 134 valence electrons. The molecule has 4 nitrogen and oxygen atoms in total. The molecule has 1 aromatic rings. The largest absolute Gasteiger partial charge is 0.364 e. The molecule has 1 saturated heterocycles. The number of amides is 1. The van der Waals surface area contributed by atoms with Gasteiger partial charge in [0.1, 0.15) is 25.3 Å². The van der Waals surface area contributed by atoms with Crippen LogP contribution < -0.4 is 10.2 Å². The van der Waals surface area contributed by atoms with Crippen LogP contribution in [0.2, 0.25) is 0 Å². The molecule has 0 bridgehead atoms. The van der Waals surface area contributed by atoms with Crippen LogP contribution >= 0.6 is 0 Å². The first kappa shape index (κ1) is 18.9. The van der Waals surface area contributed by atoms with Gasteiger partial charge >= 0.3 is 0 Å². The molecule has 1 aromatic carbocycles. The fourth-order valence-electron chi connectivity index (χ4n) is 3.64. The summed E-state index contributed by atoms with van der Waals surface area (Å²) in [5.74, 6) is 0.867. The third kappa shape index (κ3) is 4.81. The summed E-state index contributed by atoms with van der Waals surface area (Å²) in [4.78, 5) is 14.0. The minimum Gasteiger partial charge on any atom is -0.364 e. The number of hydrogen-bond acceptors (Lipinski definition) is 2. The predicted molar refractivity (Wildman–Crippen MR) is 98.8 cm³/mol. The Bertz CT molecular complexity index is 533. The molecule has 1 aliphatic heterocycles. The van der Waals surface area contributed by atoms with E-state index < -0.39 is 0 Å². The normalized spacial score (nSPS) is 24.4. The summed E-state index contributed by atoms with van der Waals surface area (Å²) in [5.41, 5.74) is 3.45. The third-order valence-electron chi connectivity index (χ3n) is 4.66. The Morgan fingerprint density at radius 3 is 2.08 bits per heavy atom. The fourth-order valence-corrected chi connectivity index (χ4v) is 3.64. The van der Waals surface area contributed by atoms with E-state index in [-0.39, 0.29) is 18.1 Å². The summed E-state index contributed by atoms with van der Waals surface area (Å²) in [6, 6.07) is 6.34. The Balaban J connectivity index is 2.13. The van der Waals surface area contributed by atoms with Crippen LogP contribution in [0.15, 0.2) is 18.2 Å². The molecule has 0 radical (unpaired) electrons. The number of para-hydroxylation sites is 1. The number of rotatable bonds is 5. The minimum atomic E-state index is 0.0984. The van der Waals surface area contributed by atoms with E-state index >= 15 is 0 Å².